The Kier molecular flexibility index (Phi) is 6.48. The molecule has 5 N–H and O–H groups in total. The third-order valence-electron chi connectivity index (χ3n) is 6.21. The fraction of sp³-hybridized carbons (Fsp3) is 0.280. The number of aliphatic hydroxyl groups is 2. The number of aliphatic hydroxyl groups excluding tert-OH is 2. The minimum atomic E-state index is -1.95. The van der Waals surface area contributed by atoms with E-state index in [0.717, 1.165) is 0 Å². The number of imidazole rings is 1. The molecule has 37 heavy (non-hydrogen) atoms. The Bertz CT molecular complexity index is 1290. The van der Waals surface area contributed by atoms with Crippen LogP contribution in [0, 0.1) is 0 Å². The number of hydrogen-bond donors (Lipinski definition) is 4. The lowest BCUT2D eigenvalue weighted by Crippen LogP contribution is -2.55. The molecule has 3 heterocycles. The first-order valence-electron chi connectivity index (χ1n) is 11.6. The summed E-state index contributed by atoms with van der Waals surface area (Å²) in [5, 5.41) is 22.5. The molecule has 1 amide bonds. The van der Waals surface area contributed by atoms with Gasteiger partial charge in [-0.15, -0.1) is 0 Å². The molecule has 0 spiro atoms. The number of anilines is 3. The number of aliphatic imine (C=N–C) groups is 1. The van der Waals surface area contributed by atoms with Gasteiger partial charge in [0.05, 0.1) is 30.4 Å². The molecular weight excluding hydrogens is 480 g/mol. The van der Waals surface area contributed by atoms with E-state index in [4.69, 9.17) is 15.2 Å². The number of benzene rings is 2. The highest BCUT2D eigenvalue weighted by atomic mass is 16.6. The van der Waals surface area contributed by atoms with Gasteiger partial charge in [-0.3, -0.25) is 15.1 Å². The highest BCUT2D eigenvalue weighted by molar-refractivity contribution is 6.10. The number of para-hydroxylation sites is 2. The van der Waals surface area contributed by atoms with E-state index in [1.54, 1.807) is 48.5 Å². The summed E-state index contributed by atoms with van der Waals surface area (Å²) in [4.78, 5) is 35.9. The van der Waals surface area contributed by atoms with Crippen LogP contribution in [0.4, 0.5) is 22.0 Å². The van der Waals surface area contributed by atoms with Gasteiger partial charge in [0.2, 0.25) is 5.79 Å². The molecule has 4 atom stereocenters. The molecule has 192 valence electrons. The van der Waals surface area contributed by atoms with Gasteiger partial charge in [-0.2, -0.15) is 4.99 Å². The van der Waals surface area contributed by atoms with Crippen molar-refractivity contribution in [2.24, 2.45) is 10.7 Å². The lowest BCUT2D eigenvalue weighted by atomic mass is 10.2. The van der Waals surface area contributed by atoms with Crippen LogP contribution in [-0.4, -0.2) is 62.1 Å². The average Bonchev–Trinajstić information content (AvgIpc) is 3.48. The van der Waals surface area contributed by atoms with E-state index in [9.17, 15) is 19.8 Å². The zero-order chi connectivity index (χ0) is 26.2. The number of rotatable bonds is 5. The largest absolute Gasteiger partial charge is 0.425 e. The number of nitrogens with two attached hydrogens (primary N) is 1. The maximum absolute atomic E-state index is 13.5. The number of hydrogen-bond acceptors (Lipinski definition) is 10. The van der Waals surface area contributed by atoms with Crippen LogP contribution in [0.3, 0.4) is 0 Å². The minimum absolute atomic E-state index is 0.127. The molecular formula is C25H26N6O6. The van der Waals surface area contributed by atoms with Crippen molar-refractivity contribution in [3.05, 3.63) is 72.7 Å². The van der Waals surface area contributed by atoms with Gasteiger partial charge >= 0.3 is 6.09 Å². The van der Waals surface area contributed by atoms with Crippen molar-refractivity contribution in [1.29, 1.82) is 0 Å². The standard InChI is InChI=1S/C25H26N6O6/c1-15(33)25(26)28-22-21(27-14-30(22)20-12-18(34)19(13-32)36-20)23(29-25)37-24(35)31(16-8-4-2-5-9-16)17-10-6-3-7-11-17/h2-11,14,18-20,28,32,34H,12-13,26H2,1H3/t18-,19+,20+,25?/m0/s1. The molecule has 5 rings (SSSR count). The van der Waals surface area contributed by atoms with Gasteiger partial charge in [0, 0.05) is 13.3 Å². The Hall–Kier alpha value is -4.10. The molecule has 12 nitrogen and oxygen atoms in total. The predicted molar refractivity (Wildman–Crippen MR) is 133 cm³/mol. The van der Waals surface area contributed by atoms with Crippen LogP contribution in [0.15, 0.2) is 72.0 Å². The van der Waals surface area contributed by atoms with Gasteiger partial charge in [0.25, 0.3) is 5.90 Å². The summed E-state index contributed by atoms with van der Waals surface area (Å²) in [6.45, 7) is 0.884. The Labute approximate surface area is 212 Å². The second-order valence-electron chi connectivity index (χ2n) is 8.70. The maximum Gasteiger partial charge on any atom is 0.425 e. The quantitative estimate of drug-likeness (QED) is 0.404. The molecule has 0 saturated carbocycles. The summed E-state index contributed by atoms with van der Waals surface area (Å²) in [6.07, 6.45) is -1.63. The summed E-state index contributed by atoms with van der Waals surface area (Å²) in [7, 11) is 0. The lowest BCUT2D eigenvalue weighted by Gasteiger charge is -2.31. The highest BCUT2D eigenvalue weighted by Gasteiger charge is 2.43. The van der Waals surface area contributed by atoms with E-state index in [0.29, 0.717) is 11.4 Å². The van der Waals surface area contributed by atoms with Crippen molar-refractivity contribution < 1.29 is 29.3 Å². The molecule has 2 aliphatic rings. The van der Waals surface area contributed by atoms with Crippen molar-refractivity contribution in [1.82, 2.24) is 9.55 Å². The van der Waals surface area contributed by atoms with Gasteiger partial charge in [-0.1, -0.05) is 36.4 Å². The number of ether oxygens (including phenoxy) is 2. The van der Waals surface area contributed by atoms with Crippen LogP contribution in [-0.2, 0) is 14.3 Å². The molecule has 1 fully saturated rings. The number of amides is 1. The molecule has 1 aromatic heterocycles. The van der Waals surface area contributed by atoms with Gasteiger partial charge in [-0.25, -0.2) is 14.7 Å². The Balaban J connectivity index is 1.52. The first kappa shape index (κ1) is 24.6. The van der Waals surface area contributed by atoms with Crippen LogP contribution in [0.1, 0.15) is 25.3 Å². The van der Waals surface area contributed by atoms with Crippen molar-refractivity contribution in [3.63, 3.8) is 0 Å². The van der Waals surface area contributed by atoms with E-state index >= 15 is 0 Å². The summed E-state index contributed by atoms with van der Waals surface area (Å²) in [5.74, 6) is -2.53. The smallest absolute Gasteiger partial charge is 0.394 e. The Morgan fingerprint density at radius 1 is 1.19 bits per heavy atom. The zero-order valence-electron chi connectivity index (χ0n) is 19.9. The molecule has 0 bridgehead atoms. The summed E-state index contributed by atoms with van der Waals surface area (Å²) in [6, 6.07) is 17.8. The fourth-order valence-corrected chi connectivity index (χ4v) is 4.21. The van der Waals surface area contributed by atoms with Gasteiger partial charge < -0.3 is 25.0 Å². The van der Waals surface area contributed by atoms with Crippen LogP contribution in [0.5, 0.6) is 0 Å². The van der Waals surface area contributed by atoms with Gasteiger partial charge in [0.1, 0.15) is 18.1 Å². The van der Waals surface area contributed by atoms with Crippen LogP contribution in [0.25, 0.3) is 0 Å². The first-order valence-corrected chi connectivity index (χ1v) is 11.6. The number of aromatic nitrogens is 2. The van der Waals surface area contributed by atoms with Crippen molar-refractivity contribution in [2.45, 2.75) is 37.6 Å². The molecule has 1 unspecified atom stereocenters. The molecule has 2 aliphatic heterocycles. The third-order valence-corrected chi connectivity index (χ3v) is 6.21. The normalized spacial score (nSPS) is 24.5. The molecule has 2 aromatic carbocycles. The van der Waals surface area contributed by atoms with Crippen LogP contribution >= 0.6 is 0 Å². The maximum atomic E-state index is 13.5. The molecule has 12 heteroatoms. The number of nitrogens with one attached hydrogen (secondary N) is 1. The molecule has 1 saturated heterocycles. The summed E-state index contributed by atoms with van der Waals surface area (Å²) < 4.78 is 13.0. The van der Waals surface area contributed by atoms with E-state index in [1.807, 2.05) is 12.1 Å². The van der Waals surface area contributed by atoms with Gasteiger partial charge in [-0.05, 0) is 24.3 Å². The topological polar surface area (TPSA) is 165 Å². The van der Waals surface area contributed by atoms with E-state index in [1.165, 1.54) is 22.7 Å². The average molecular weight is 507 g/mol. The number of Topliss-reactive ketones (excluding diaryl/α,β-unsaturated/α-hetero) is 1. The van der Waals surface area contributed by atoms with Crippen LogP contribution in [0.2, 0.25) is 0 Å². The highest BCUT2D eigenvalue weighted by Crippen LogP contribution is 2.35. The fourth-order valence-electron chi connectivity index (χ4n) is 4.21. The molecule has 0 radical (unpaired) electrons. The van der Waals surface area contributed by atoms with Crippen LogP contribution < -0.4 is 16.0 Å². The van der Waals surface area contributed by atoms with Crippen molar-refractivity contribution >= 4 is 35.0 Å². The van der Waals surface area contributed by atoms with Crippen molar-refractivity contribution in [2.75, 3.05) is 16.8 Å². The summed E-state index contributed by atoms with van der Waals surface area (Å²) in [5.41, 5.74) is 7.49. The monoisotopic (exact) mass is 506 g/mol. The number of fused-ring (bicyclic) bond motifs is 1. The zero-order valence-corrected chi connectivity index (χ0v) is 19.9. The predicted octanol–water partition coefficient (Wildman–Crippen LogP) is 1.87. The summed E-state index contributed by atoms with van der Waals surface area (Å²) >= 11 is 0. The van der Waals surface area contributed by atoms with E-state index < -0.39 is 36.1 Å². The Morgan fingerprint density at radius 2 is 1.81 bits per heavy atom. The number of carbonyl (C=O) groups is 2. The first-order chi connectivity index (χ1) is 17.8. The minimum Gasteiger partial charge on any atom is -0.394 e. The molecule has 0 aliphatic carbocycles. The Morgan fingerprint density at radius 3 is 2.35 bits per heavy atom. The second-order valence-corrected chi connectivity index (χ2v) is 8.70. The SMILES string of the molecule is CC(=O)C1(N)N=C(OC(=O)N(c2ccccc2)c2ccccc2)c2ncn([C@H]3C[C@H](O)[C@@H](CO)O3)c2N1. The van der Waals surface area contributed by atoms with E-state index in [-0.39, 0.29) is 30.4 Å². The molecule has 3 aromatic rings. The van der Waals surface area contributed by atoms with Gasteiger partial charge in [0.15, 0.2) is 11.5 Å². The lowest BCUT2D eigenvalue weighted by molar-refractivity contribution is -0.121. The number of nitrogens with zero attached hydrogens (tertiary/aromatic N) is 4. The third kappa shape index (κ3) is 4.58. The van der Waals surface area contributed by atoms with Crippen molar-refractivity contribution in [3.8, 4) is 0 Å². The van der Waals surface area contributed by atoms with E-state index in [2.05, 4.69) is 15.3 Å². The number of ketones is 1. The second kappa shape index (κ2) is 9.75. The number of carbonyl (C=O) groups excluding carboxylic acids is 2.